The molecule has 3 N–H and O–H groups in total. The molecule has 0 bridgehead atoms. The van der Waals surface area contributed by atoms with Crippen molar-refractivity contribution >= 4 is 40.9 Å². The number of pyridine rings is 1. The number of aromatic nitrogens is 3. The van der Waals surface area contributed by atoms with Crippen LogP contribution in [-0.2, 0) is 32.7 Å². The Hall–Kier alpha value is -2.40. The van der Waals surface area contributed by atoms with Gasteiger partial charge in [0.25, 0.3) is 0 Å². The van der Waals surface area contributed by atoms with E-state index in [1.807, 2.05) is 6.92 Å². The summed E-state index contributed by atoms with van der Waals surface area (Å²) in [5.41, 5.74) is 1.40. The summed E-state index contributed by atoms with van der Waals surface area (Å²) in [5.74, 6) is -0.449. The summed E-state index contributed by atoms with van der Waals surface area (Å²) >= 11 is 12.1. The number of carbonyl (C=O) groups excluding carboxylic acids is 1. The molecule has 0 unspecified atom stereocenters. The Labute approximate surface area is 239 Å². The van der Waals surface area contributed by atoms with Gasteiger partial charge in [0.05, 0.1) is 6.61 Å². The van der Waals surface area contributed by atoms with Crippen LogP contribution in [0.2, 0.25) is 10.3 Å². The fourth-order valence-corrected chi connectivity index (χ4v) is 5.51. The molecule has 0 spiro atoms. The Kier molecular flexibility index (Phi) is 10.5. The van der Waals surface area contributed by atoms with Crippen molar-refractivity contribution in [2.24, 2.45) is 0 Å². The predicted molar refractivity (Wildman–Crippen MR) is 151 cm³/mol. The number of nitrogens with one attached hydrogen (secondary N) is 2. The molecule has 39 heavy (non-hydrogen) atoms. The lowest BCUT2D eigenvalue weighted by Crippen LogP contribution is -2.49. The number of carbonyl (C=O) groups is 2. The Balaban J connectivity index is 1.28. The van der Waals surface area contributed by atoms with Crippen molar-refractivity contribution in [1.29, 1.82) is 0 Å². The van der Waals surface area contributed by atoms with Crippen molar-refractivity contribution in [3.63, 3.8) is 0 Å². The van der Waals surface area contributed by atoms with E-state index in [1.165, 1.54) is 16.3 Å². The number of amides is 1. The third-order valence-electron chi connectivity index (χ3n) is 7.39. The van der Waals surface area contributed by atoms with Crippen LogP contribution in [0.5, 0.6) is 0 Å². The van der Waals surface area contributed by atoms with E-state index in [0.717, 1.165) is 56.7 Å². The smallest absolute Gasteiger partial charge is 0.326 e. The van der Waals surface area contributed by atoms with Gasteiger partial charge in [0.15, 0.2) is 5.15 Å². The first-order valence-electron chi connectivity index (χ1n) is 13.8. The monoisotopic (exact) mass is 580 g/mol. The molecule has 1 aliphatic carbocycles. The maximum Gasteiger partial charge on any atom is 0.326 e. The van der Waals surface area contributed by atoms with E-state index < -0.39 is 23.5 Å². The van der Waals surface area contributed by atoms with Gasteiger partial charge < -0.3 is 25.4 Å². The van der Waals surface area contributed by atoms with Crippen molar-refractivity contribution in [2.75, 3.05) is 44.7 Å². The van der Waals surface area contributed by atoms with E-state index >= 15 is 0 Å². The van der Waals surface area contributed by atoms with Gasteiger partial charge in [0.1, 0.15) is 22.6 Å². The van der Waals surface area contributed by atoms with E-state index in [2.05, 4.69) is 32.8 Å². The Morgan fingerprint density at radius 3 is 2.77 bits per heavy atom. The molecule has 2 aromatic heterocycles. The standard InChI is InChI=1S/C27H38Cl2N6O4/c1-2-39-17-16-34(14-4-3-7-20-9-8-19-6-5-13-30-24(19)31-20)15-10-21(25(36)37)32-26(38)27(11-12-27)35-23(29)18-22(28)33-35/h8-9,18,21H,2-7,10-17H2,1H3,(H,30,31)(H,32,38)(H,36,37)/t21-/m0/s1. The predicted octanol–water partition coefficient (Wildman–Crippen LogP) is 3.75. The number of fused-ring (bicyclic) bond motifs is 1. The molecule has 1 amide bonds. The summed E-state index contributed by atoms with van der Waals surface area (Å²) in [6, 6.07) is 4.75. The van der Waals surface area contributed by atoms with Crippen LogP contribution in [0.4, 0.5) is 5.82 Å². The molecular weight excluding hydrogens is 543 g/mol. The maximum atomic E-state index is 13.1. The third kappa shape index (κ3) is 7.84. The highest BCUT2D eigenvalue weighted by molar-refractivity contribution is 6.33. The summed E-state index contributed by atoms with van der Waals surface area (Å²) in [7, 11) is 0. The lowest BCUT2D eigenvalue weighted by molar-refractivity contribution is -0.143. The van der Waals surface area contributed by atoms with Crippen molar-refractivity contribution in [2.45, 2.75) is 69.9 Å². The molecule has 10 nitrogen and oxygen atoms in total. The number of halogens is 2. The normalized spacial score (nSPS) is 16.4. The molecule has 3 heterocycles. The van der Waals surface area contributed by atoms with Crippen molar-refractivity contribution < 1.29 is 19.4 Å². The molecule has 0 aromatic carbocycles. The number of nitrogens with zero attached hydrogens (tertiary/aromatic N) is 4. The minimum absolute atomic E-state index is 0.192. The first-order chi connectivity index (χ1) is 18.8. The van der Waals surface area contributed by atoms with Crippen LogP contribution < -0.4 is 10.6 Å². The summed E-state index contributed by atoms with van der Waals surface area (Å²) in [6.07, 6.45) is 6.37. The number of ether oxygens (including phenoxy) is 1. The van der Waals surface area contributed by atoms with Gasteiger partial charge >= 0.3 is 5.97 Å². The van der Waals surface area contributed by atoms with Crippen LogP contribution >= 0.6 is 23.2 Å². The van der Waals surface area contributed by atoms with E-state index in [0.29, 0.717) is 39.1 Å². The summed E-state index contributed by atoms with van der Waals surface area (Å²) in [5, 5.41) is 20.5. The minimum atomic E-state index is -1.07. The van der Waals surface area contributed by atoms with Crippen LogP contribution in [0.3, 0.4) is 0 Å². The van der Waals surface area contributed by atoms with Crippen LogP contribution in [-0.4, -0.2) is 82.1 Å². The summed E-state index contributed by atoms with van der Waals surface area (Å²) in [4.78, 5) is 32.1. The molecule has 4 rings (SSSR count). The van der Waals surface area contributed by atoms with E-state index in [1.54, 1.807) is 0 Å². The van der Waals surface area contributed by atoms with Gasteiger partial charge in [-0.3, -0.25) is 4.79 Å². The lowest BCUT2D eigenvalue weighted by atomic mass is 10.1. The van der Waals surface area contributed by atoms with E-state index in [-0.39, 0.29) is 16.7 Å². The second-order valence-electron chi connectivity index (χ2n) is 10.2. The number of hydrogen-bond donors (Lipinski definition) is 3. The number of hydrogen-bond acceptors (Lipinski definition) is 7. The molecule has 1 aliphatic heterocycles. The lowest BCUT2D eigenvalue weighted by Gasteiger charge is -2.25. The highest BCUT2D eigenvalue weighted by Gasteiger charge is 2.54. The fraction of sp³-hybridized carbons (Fsp3) is 0.630. The van der Waals surface area contributed by atoms with Crippen molar-refractivity contribution in [1.82, 2.24) is 25.0 Å². The first kappa shape index (κ1) is 29.6. The SMILES string of the molecule is CCOCCN(CCCCc1ccc2c(n1)NCCC2)CC[C@H](NC(=O)C1(n2nc(Cl)cc2Cl)CC1)C(=O)O. The topological polar surface area (TPSA) is 122 Å². The number of unbranched alkanes of at least 4 members (excludes halogenated alkanes) is 1. The maximum absolute atomic E-state index is 13.1. The second-order valence-corrected chi connectivity index (χ2v) is 11.0. The molecule has 214 valence electrons. The van der Waals surface area contributed by atoms with E-state index in [9.17, 15) is 14.7 Å². The second kappa shape index (κ2) is 13.8. The number of carboxylic acids is 1. The Morgan fingerprint density at radius 1 is 1.26 bits per heavy atom. The molecule has 1 saturated carbocycles. The Morgan fingerprint density at radius 2 is 2.08 bits per heavy atom. The molecule has 2 aliphatic rings. The highest BCUT2D eigenvalue weighted by Crippen LogP contribution is 2.45. The first-order valence-corrected chi connectivity index (χ1v) is 14.6. The molecular formula is C27H38Cl2N6O4. The molecule has 12 heteroatoms. The average Bonchev–Trinajstić information content (AvgIpc) is 3.66. The van der Waals surface area contributed by atoms with Gasteiger partial charge in [0.2, 0.25) is 5.91 Å². The zero-order chi connectivity index (χ0) is 27.8. The van der Waals surface area contributed by atoms with Crippen LogP contribution in [0, 0.1) is 0 Å². The molecule has 1 atom stereocenters. The summed E-state index contributed by atoms with van der Waals surface area (Å²) < 4.78 is 6.94. The van der Waals surface area contributed by atoms with Gasteiger partial charge in [-0.25, -0.2) is 14.5 Å². The van der Waals surface area contributed by atoms with Crippen molar-refractivity contribution in [3.8, 4) is 0 Å². The molecule has 1 fully saturated rings. The van der Waals surface area contributed by atoms with Crippen LogP contribution in [0.1, 0.15) is 56.7 Å². The minimum Gasteiger partial charge on any atom is -0.480 e. The van der Waals surface area contributed by atoms with Crippen molar-refractivity contribution in [3.05, 3.63) is 39.8 Å². The zero-order valence-corrected chi connectivity index (χ0v) is 23.9. The largest absolute Gasteiger partial charge is 0.480 e. The van der Waals surface area contributed by atoms with Gasteiger partial charge in [0, 0.05) is 38.0 Å². The number of anilines is 1. The van der Waals surface area contributed by atoms with Crippen LogP contribution in [0.25, 0.3) is 0 Å². The molecule has 0 radical (unpaired) electrons. The average molecular weight is 582 g/mol. The Bertz CT molecular complexity index is 1140. The van der Waals surface area contributed by atoms with Gasteiger partial charge in [-0.05, 0) is 76.5 Å². The van der Waals surface area contributed by atoms with Gasteiger partial charge in [-0.15, -0.1) is 0 Å². The molecule has 0 saturated heterocycles. The number of aryl methyl sites for hydroxylation is 2. The number of aliphatic carboxylic acids is 1. The molecule has 2 aromatic rings. The third-order valence-corrected chi connectivity index (χ3v) is 7.84. The zero-order valence-electron chi connectivity index (χ0n) is 22.4. The highest BCUT2D eigenvalue weighted by atomic mass is 35.5. The van der Waals surface area contributed by atoms with Gasteiger partial charge in [-0.1, -0.05) is 29.3 Å². The number of rotatable bonds is 16. The van der Waals surface area contributed by atoms with Crippen LogP contribution in [0.15, 0.2) is 18.2 Å². The van der Waals surface area contributed by atoms with Gasteiger partial charge in [-0.2, -0.15) is 5.10 Å². The number of carboxylic acid groups (broad SMARTS) is 1. The quantitative estimate of drug-likeness (QED) is 0.257. The summed E-state index contributed by atoms with van der Waals surface area (Å²) in [6.45, 7) is 6.15. The van der Waals surface area contributed by atoms with E-state index in [4.69, 9.17) is 32.9 Å². The fourth-order valence-electron chi connectivity index (χ4n) is 4.97.